The van der Waals surface area contributed by atoms with Gasteiger partial charge in [0.15, 0.2) is 5.82 Å². The predicted octanol–water partition coefficient (Wildman–Crippen LogP) is 8.94. The zero-order chi connectivity index (χ0) is 23.9. The smallest absolute Gasteiger partial charge is 0.160 e. The van der Waals surface area contributed by atoms with E-state index in [-0.39, 0.29) is 0 Å². The highest BCUT2D eigenvalue weighted by Crippen LogP contribution is 2.36. The molecule has 1 aromatic heterocycles. The van der Waals surface area contributed by atoms with Gasteiger partial charge < -0.3 is 0 Å². The summed E-state index contributed by atoms with van der Waals surface area (Å²) in [6, 6.07) is 46.7. The summed E-state index contributed by atoms with van der Waals surface area (Å²) in [5.41, 5.74) is 6.45. The molecule has 0 spiro atoms. The van der Waals surface area contributed by atoms with Gasteiger partial charge in [-0.2, -0.15) is 0 Å². The second-order valence-corrected chi connectivity index (χ2v) is 9.05. The van der Waals surface area contributed by atoms with Gasteiger partial charge in [0.2, 0.25) is 0 Å². The maximum Gasteiger partial charge on any atom is 0.160 e. The second-order valence-electron chi connectivity index (χ2n) is 9.05. The van der Waals surface area contributed by atoms with Gasteiger partial charge in [-0.3, -0.25) is 0 Å². The quantitative estimate of drug-likeness (QED) is 0.247. The molecule has 2 nitrogen and oxygen atoms in total. The lowest BCUT2D eigenvalue weighted by molar-refractivity contribution is 1.23. The van der Waals surface area contributed by atoms with Crippen molar-refractivity contribution < 1.29 is 0 Å². The zero-order valence-corrected chi connectivity index (χ0v) is 19.6. The minimum Gasteiger partial charge on any atom is -0.227 e. The lowest BCUT2D eigenvalue weighted by atomic mass is 9.95. The van der Waals surface area contributed by atoms with E-state index in [0.717, 1.165) is 38.9 Å². The zero-order valence-electron chi connectivity index (χ0n) is 19.6. The van der Waals surface area contributed by atoms with Gasteiger partial charge in [0.25, 0.3) is 0 Å². The highest BCUT2D eigenvalue weighted by atomic mass is 14.9. The van der Waals surface area contributed by atoms with Crippen LogP contribution < -0.4 is 0 Å². The largest absolute Gasteiger partial charge is 0.227 e. The van der Waals surface area contributed by atoms with Crippen molar-refractivity contribution in [1.29, 1.82) is 0 Å². The third kappa shape index (κ3) is 3.43. The van der Waals surface area contributed by atoms with Crippen LogP contribution in [0.25, 0.3) is 66.2 Å². The average molecular weight is 459 g/mol. The number of fused-ring (bicyclic) bond motifs is 4. The summed E-state index contributed by atoms with van der Waals surface area (Å²) in [6.45, 7) is 0. The Kier molecular flexibility index (Phi) is 4.82. The Morgan fingerprint density at radius 3 is 1.89 bits per heavy atom. The van der Waals surface area contributed by atoms with Crippen LogP contribution in [0, 0.1) is 0 Å². The van der Waals surface area contributed by atoms with E-state index in [0.29, 0.717) is 0 Å². The molecule has 7 aromatic rings. The molecule has 0 amide bonds. The van der Waals surface area contributed by atoms with Crippen LogP contribution in [0.2, 0.25) is 0 Å². The van der Waals surface area contributed by atoms with Crippen LogP contribution in [-0.4, -0.2) is 9.97 Å². The van der Waals surface area contributed by atoms with Crippen LogP contribution in [0.4, 0.5) is 0 Å². The standard InChI is InChI=1S/C34H22N2/c1-3-11-25(12-4-1)32-30-21-20-24-18-19-27(29-17-9-15-23-10-7-8-16-28(23)29)22-31(24)33(30)36-34(35-32)26-13-5-2-6-14-26/h1-22H. The van der Waals surface area contributed by atoms with Crippen LogP contribution in [0.5, 0.6) is 0 Å². The summed E-state index contributed by atoms with van der Waals surface area (Å²) in [4.78, 5) is 10.2. The first-order valence-corrected chi connectivity index (χ1v) is 12.2. The molecule has 0 N–H and O–H groups in total. The van der Waals surface area contributed by atoms with Crippen molar-refractivity contribution in [3.63, 3.8) is 0 Å². The highest BCUT2D eigenvalue weighted by Gasteiger charge is 2.14. The Morgan fingerprint density at radius 1 is 0.389 bits per heavy atom. The number of aromatic nitrogens is 2. The molecular formula is C34H22N2. The molecule has 0 saturated carbocycles. The summed E-state index contributed by atoms with van der Waals surface area (Å²) >= 11 is 0. The van der Waals surface area contributed by atoms with Gasteiger partial charge in [-0.15, -0.1) is 0 Å². The van der Waals surface area contributed by atoms with Gasteiger partial charge in [0.1, 0.15) is 0 Å². The van der Waals surface area contributed by atoms with E-state index in [2.05, 4.69) is 109 Å². The van der Waals surface area contributed by atoms with Crippen molar-refractivity contribution in [1.82, 2.24) is 9.97 Å². The SMILES string of the molecule is c1ccc(-c2nc(-c3ccccc3)c3ccc4ccc(-c5cccc6ccccc56)cc4c3n2)cc1. The maximum atomic E-state index is 5.15. The van der Waals surface area contributed by atoms with Crippen LogP contribution in [0.3, 0.4) is 0 Å². The molecule has 0 aliphatic heterocycles. The molecule has 168 valence electrons. The topological polar surface area (TPSA) is 25.8 Å². The molecule has 0 atom stereocenters. The van der Waals surface area contributed by atoms with Gasteiger partial charge in [-0.05, 0) is 39.4 Å². The van der Waals surface area contributed by atoms with E-state index in [1.165, 1.54) is 27.3 Å². The monoisotopic (exact) mass is 458 g/mol. The molecule has 6 aromatic carbocycles. The summed E-state index contributed by atoms with van der Waals surface area (Å²) in [6.07, 6.45) is 0. The Hall–Kier alpha value is -4.82. The van der Waals surface area contributed by atoms with E-state index < -0.39 is 0 Å². The number of hydrogen-bond acceptors (Lipinski definition) is 2. The van der Waals surface area contributed by atoms with Gasteiger partial charge >= 0.3 is 0 Å². The molecule has 0 radical (unpaired) electrons. The van der Waals surface area contributed by atoms with Crippen molar-refractivity contribution >= 4 is 32.4 Å². The predicted molar refractivity (Wildman–Crippen MR) is 151 cm³/mol. The van der Waals surface area contributed by atoms with Crippen molar-refractivity contribution in [2.24, 2.45) is 0 Å². The fourth-order valence-corrected chi connectivity index (χ4v) is 5.09. The van der Waals surface area contributed by atoms with E-state index in [4.69, 9.17) is 9.97 Å². The Bertz CT molecular complexity index is 1870. The van der Waals surface area contributed by atoms with Gasteiger partial charge in [0.05, 0.1) is 11.2 Å². The minimum absolute atomic E-state index is 0.741. The normalized spacial score (nSPS) is 11.3. The number of rotatable bonds is 3. The van der Waals surface area contributed by atoms with Crippen LogP contribution >= 0.6 is 0 Å². The lowest BCUT2D eigenvalue weighted by Crippen LogP contribution is -1.96. The lowest BCUT2D eigenvalue weighted by Gasteiger charge is -2.13. The molecule has 1 heterocycles. The van der Waals surface area contributed by atoms with E-state index >= 15 is 0 Å². The molecular weight excluding hydrogens is 436 g/mol. The Morgan fingerprint density at radius 2 is 1.06 bits per heavy atom. The number of benzene rings is 6. The maximum absolute atomic E-state index is 5.15. The summed E-state index contributed by atoms with van der Waals surface area (Å²) in [7, 11) is 0. The van der Waals surface area contributed by atoms with E-state index in [1.807, 2.05) is 24.3 Å². The molecule has 0 aliphatic carbocycles. The summed E-state index contributed by atoms with van der Waals surface area (Å²) < 4.78 is 0. The van der Waals surface area contributed by atoms with Crippen molar-refractivity contribution in [3.8, 4) is 33.8 Å². The first kappa shape index (κ1) is 20.5. The highest BCUT2D eigenvalue weighted by molar-refractivity contribution is 6.11. The third-order valence-electron chi connectivity index (χ3n) is 6.86. The first-order chi connectivity index (χ1) is 17.8. The molecule has 36 heavy (non-hydrogen) atoms. The van der Waals surface area contributed by atoms with Gasteiger partial charge in [-0.25, -0.2) is 9.97 Å². The molecule has 2 heteroatoms. The summed E-state index contributed by atoms with van der Waals surface area (Å²) in [5, 5.41) is 5.86. The minimum atomic E-state index is 0.741. The number of nitrogens with zero attached hydrogens (tertiary/aromatic N) is 2. The van der Waals surface area contributed by atoms with Crippen molar-refractivity contribution in [2.45, 2.75) is 0 Å². The van der Waals surface area contributed by atoms with E-state index in [1.54, 1.807) is 0 Å². The second kappa shape index (κ2) is 8.44. The van der Waals surface area contributed by atoms with E-state index in [9.17, 15) is 0 Å². The van der Waals surface area contributed by atoms with Gasteiger partial charge in [0, 0.05) is 21.9 Å². The molecule has 0 aliphatic rings. The van der Waals surface area contributed by atoms with Crippen LogP contribution in [0.1, 0.15) is 0 Å². The Balaban J connectivity index is 1.55. The third-order valence-corrected chi connectivity index (χ3v) is 6.86. The molecule has 0 saturated heterocycles. The summed E-state index contributed by atoms with van der Waals surface area (Å²) in [5.74, 6) is 0.741. The first-order valence-electron chi connectivity index (χ1n) is 12.2. The Labute approximate surface area is 209 Å². The number of hydrogen-bond donors (Lipinski definition) is 0. The fourth-order valence-electron chi connectivity index (χ4n) is 5.09. The molecule has 0 fully saturated rings. The fraction of sp³-hybridized carbons (Fsp3) is 0. The average Bonchev–Trinajstić information content (AvgIpc) is 2.97. The van der Waals surface area contributed by atoms with Gasteiger partial charge in [-0.1, -0.05) is 121 Å². The van der Waals surface area contributed by atoms with Crippen LogP contribution in [-0.2, 0) is 0 Å². The molecule has 0 unspecified atom stereocenters. The van der Waals surface area contributed by atoms with Crippen molar-refractivity contribution in [2.75, 3.05) is 0 Å². The molecule has 0 bridgehead atoms. The molecule has 7 rings (SSSR count). The van der Waals surface area contributed by atoms with Crippen molar-refractivity contribution in [3.05, 3.63) is 133 Å². The van der Waals surface area contributed by atoms with Crippen LogP contribution in [0.15, 0.2) is 133 Å².